The molecule has 2 heteroatoms. The van der Waals surface area contributed by atoms with E-state index in [-0.39, 0.29) is 0 Å². The van der Waals surface area contributed by atoms with Gasteiger partial charge in [-0.2, -0.15) is 0 Å². The van der Waals surface area contributed by atoms with Crippen LogP contribution in [0.3, 0.4) is 0 Å². The minimum atomic E-state index is 0.902. The van der Waals surface area contributed by atoms with Crippen LogP contribution < -0.4 is 0 Å². The Labute approximate surface area is 253 Å². The molecule has 0 aliphatic heterocycles. The van der Waals surface area contributed by atoms with Gasteiger partial charge in [-0.05, 0) is 104 Å². The van der Waals surface area contributed by atoms with Gasteiger partial charge in [0.1, 0.15) is 22.3 Å². The van der Waals surface area contributed by atoms with Gasteiger partial charge in [0.05, 0.1) is 0 Å². The number of rotatable bonds is 2. The fraction of sp³-hybridized carbons (Fsp3) is 0.0476. The Bertz CT molecular complexity index is 2650. The molecule has 1 aliphatic rings. The number of benzene rings is 7. The van der Waals surface area contributed by atoms with Crippen LogP contribution in [-0.2, 0) is 0 Å². The van der Waals surface area contributed by atoms with E-state index in [0.717, 1.165) is 62.1 Å². The summed E-state index contributed by atoms with van der Waals surface area (Å²) in [7, 11) is 0. The van der Waals surface area contributed by atoms with E-state index < -0.39 is 0 Å². The Kier molecular flexibility index (Phi) is 4.86. The monoisotopic (exact) mass is 562 g/mol. The molecule has 0 unspecified atom stereocenters. The minimum Gasteiger partial charge on any atom is -0.456 e. The van der Waals surface area contributed by atoms with E-state index in [1.54, 1.807) is 0 Å². The lowest BCUT2D eigenvalue weighted by Gasteiger charge is -2.20. The molecular formula is C42H26O2. The zero-order valence-corrected chi connectivity index (χ0v) is 23.9. The van der Waals surface area contributed by atoms with Gasteiger partial charge in [-0.1, -0.05) is 97.1 Å². The maximum Gasteiger partial charge on any atom is 0.136 e. The standard InChI is InChI=1S/C42H26O2/c1-2-10-25(11-3-1)40-29-13-4-6-15-31(29)41(32-16-7-5-14-30(32)40)27-18-20-33-38(23-27)44-37-21-19-26-22-39-35(24-34(26)42(33)37)28-12-8-9-17-36(28)43-39/h1-2,4-10,12-24H,3,11H2. The Morgan fingerprint density at radius 2 is 1.14 bits per heavy atom. The third kappa shape index (κ3) is 3.31. The molecule has 0 saturated heterocycles. The van der Waals surface area contributed by atoms with Crippen molar-refractivity contribution in [2.45, 2.75) is 12.8 Å². The van der Waals surface area contributed by atoms with Crippen LogP contribution in [0.25, 0.3) is 92.9 Å². The van der Waals surface area contributed by atoms with Gasteiger partial charge < -0.3 is 8.83 Å². The molecule has 0 fully saturated rings. The molecule has 0 radical (unpaired) electrons. The molecule has 44 heavy (non-hydrogen) atoms. The van der Waals surface area contributed by atoms with Crippen molar-refractivity contribution >= 4 is 81.8 Å². The number of allylic oxidation sites excluding steroid dienone is 4. The third-order valence-electron chi connectivity index (χ3n) is 9.50. The van der Waals surface area contributed by atoms with Crippen LogP contribution in [0, 0.1) is 0 Å². The molecule has 1 aliphatic carbocycles. The first-order chi connectivity index (χ1) is 21.8. The lowest BCUT2D eigenvalue weighted by molar-refractivity contribution is 0.668. The summed E-state index contributed by atoms with van der Waals surface area (Å²) < 4.78 is 12.8. The molecule has 7 aromatic carbocycles. The number of hydrogen-bond acceptors (Lipinski definition) is 2. The molecule has 0 N–H and O–H groups in total. The second-order valence-electron chi connectivity index (χ2n) is 11.9. The van der Waals surface area contributed by atoms with Crippen LogP contribution in [0.5, 0.6) is 0 Å². The summed E-state index contributed by atoms with van der Waals surface area (Å²) in [5.41, 5.74) is 8.82. The summed E-state index contributed by atoms with van der Waals surface area (Å²) in [5.74, 6) is 0. The lowest BCUT2D eigenvalue weighted by atomic mass is 9.84. The molecule has 0 saturated carbocycles. The third-order valence-corrected chi connectivity index (χ3v) is 9.50. The SMILES string of the molecule is C1=CCCC(c2c3ccccc3c(-c3ccc4c(c3)oc3ccc5cc6oc7ccccc7c6cc5c34)c3ccccc23)=C1. The molecule has 10 rings (SSSR count). The van der Waals surface area contributed by atoms with E-state index in [1.165, 1.54) is 49.2 Å². The van der Waals surface area contributed by atoms with E-state index >= 15 is 0 Å². The molecular weight excluding hydrogens is 536 g/mol. The summed E-state index contributed by atoms with van der Waals surface area (Å²) in [6, 6.07) is 41.5. The van der Waals surface area contributed by atoms with Crippen molar-refractivity contribution < 1.29 is 8.83 Å². The highest BCUT2D eigenvalue weighted by molar-refractivity contribution is 6.24. The fourth-order valence-corrected chi connectivity index (χ4v) is 7.57. The first kappa shape index (κ1) is 23.9. The summed E-state index contributed by atoms with van der Waals surface area (Å²) in [5, 5.41) is 12.0. The van der Waals surface area contributed by atoms with E-state index in [1.807, 2.05) is 12.1 Å². The van der Waals surface area contributed by atoms with Gasteiger partial charge in [-0.3, -0.25) is 0 Å². The van der Waals surface area contributed by atoms with Gasteiger partial charge in [-0.15, -0.1) is 0 Å². The van der Waals surface area contributed by atoms with Crippen LogP contribution in [0.2, 0.25) is 0 Å². The quantitative estimate of drug-likeness (QED) is 0.196. The summed E-state index contributed by atoms with van der Waals surface area (Å²) >= 11 is 0. The van der Waals surface area contributed by atoms with Gasteiger partial charge in [-0.25, -0.2) is 0 Å². The van der Waals surface area contributed by atoms with Crippen LogP contribution in [0.4, 0.5) is 0 Å². The van der Waals surface area contributed by atoms with Crippen LogP contribution >= 0.6 is 0 Å². The highest BCUT2D eigenvalue weighted by Crippen LogP contribution is 2.45. The van der Waals surface area contributed by atoms with Crippen molar-refractivity contribution in [3.63, 3.8) is 0 Å². The summed E-state index contributed by atoms with van der Waals surface area (Å²) in [6.45, 7) is 0. The van der Waals surface area contributed by atoms with Gasteiger partial charge >= 0.3 is 0 Å². The van der Waals surface area contributed by atoms with E-state index in [0.29, 0.717) is 0 Å². The number of furan rings is 2. The summed E-state index contributed by atoms with van der Waals surface area (Å²) in [4.78, 5) is 0. The molecule has 2 heterocycles. The second-order valence-corrected chi connectivity index (χ2v) is 11.9. The van der Waals surface area contributed by atoms with E-state index in [9.17, 15) is 0 Å². The molecule has 206 valence electrons. The lowest BCUT2D eigenvalue weighted by Crippen LogP contribution is -1.95. The van der Waals surface area contributed by atoms with Crippen molar-refractivity contribution in [3.05, 3.63) is 139 Å². The predicted molar refractivity (Wildman–Crippen MR) is 185 cm³/mol. The molecule has 0 atom stereocenters. The number of para-hydroxylation sites is 1. The fourth-order valence-electron chi connectivity index (χ4n) is 7.57. The Balaban J connectivity index is 1.25. The van der Waals surface area contributed by atoms with Gasteiger partial charge in [0.2, 0.25) is 0 Å². The van der Waals surface area contributed by atoms with Crippen molar-refractivity contribution in [1.82, 2.24) is 0 Å². The van der Waals surface area contributed by atoms with Gasteiger partial charge in [0, 0.05) is 21.5 Å². The van der Waals surface area contributed by atoms with E-state index in [2.05, 4.69) is 121 Å². The zero-order chi connectivity index (χ0) is 28.8. The molecule has 0 bridgehead atoms. The zero-order valence-electron chi connectivity index (χ0n) is 23.9. The van der Waals surface area contributed by atoms with Crippen molar-refractivity contribution in [1.29, 1.82) is 0 Å². The molecule has 0 amide bonds. The van der Waals surface area contributed by atoms with Crippen LogP contribution in [0.1, 0.15) is 18.4 Å². The van der Waals surface area contributed by atoms with Gasteiger partial charge in [0.25, 0.3) is 0 Å². The average Bonchev–Trinajstić information content (AvgIpc) is 3.64. The minimum absolute atomic E-state index is 0.902. The van der Waals surface area contributed by atoms with Crippen LogP contribution in [0.15, 0.2) is 142 Å². The van der Waals surface area contributed by atoms with Crippen molar-refractivity contribution in [3.8, 4) is 11.1 Å². The van der Waals surface area contributed by atoms with Crippen LogP contribution in [-0.4, -0.2) is 0 Å². The molecule has 0 spiro atoms. The number of fused-ring (bicyclic) bond motifs is 10. The van der Waals surface area contributed by atoms with Gasteiger partial charge in [0.15, 0.2) is 0 Å². The first-order valence-corrected chi connectivity index (χ1v) is 15.3. The highest BCUT2D eigenvalue weighted by Gasteiger charge is 2.20. The Morgan fingerprint density at radius 1 is 0.455 bits per heavy atom. The normalized spacial score (nSPS) is 13.8. The predicted octanol–water partition coefficient (Wildman–Crippen LogP) is 12.3. The maximum absolute atomic E-state index is 6.61. The highest BCUT2D eigenvalue weighted by atomic mass is 16.3. The molecule has 9 aromatic rings. The Morgan fingerprint density at radius 3 is 1.89 bits per heavy atom. The van der Waals surface area contributed by atoms with Crippen molar-refractivity contribution in [2.75, 3.05) is 0 Å². The molecule has 2 aromatic heterocycles. The summed E-state index contributed by atoms with van der Waals surface area (Å²) in [6.07, 6.45) is 8.89. The number of hydrogen-bond donors (Lipinski definition) is 0. The topological polar surface area (TPSA) is 26.3 Å². The average molecular weight is 563 g/mol. The molecule has 2 nitrogen and oxygen atoms in total. The Hall–Kier alpha value is -5.60. The second kappa shape index (κ2) is 8.95. The first-order valence-electron chi connectivity index (χ1n) is 15.3. The van der Waals surface area contributed by atoms with E-state index in [4.69, 9.17) is 8.83 Å². The van der Waals surface area contributed by atoms with Crippen molar-refractivity contribution in [2.24, 2.45) is 0 Å². The smallest absolute Gasteiger partial charge is 0.136 e. The maximum atomic E-state index is 6.61. The largest absolute Gasteiger partial charge is 0.456 e.